The van der Waals surface area contributed by atoms with Gasteiger partial charge in [0.05, 0.1) is 6.20 Å². The maximum absolute atomic E-state index is 11.1. The first-order valence-corrected chi connectivity index (χ1v) is 5.52. The number of carbonyl (C=O) groups is 1. The van der Waals surface area contributed by atoms with Gasteiger partial charge in [0, 0.05) is 12.6 Å². The van der Waals surface area contributed by atoms with Crippen LogP contribution < -0.4 is 4.90 Å². The van der Waals surface area contributed by atoms with Gasteiger partial charge in [-0.25, -0.2) is 4.79 Å². The van der Waals surface area contributed by atoms with E-state index in [0.29, 0.717) is 11.9 Å². The summed E-state index contributed by atoms with van der Waals surface area (Å²) in [6.07, 6.45) is 4.78. The Morgan fingerprint density at radius 3 is 3.06 bits per heavy atom. The van der Waals surface area contributed by atoms with Gasteiger partial charge < -0.3 is 10.0 Å². The van der Waals surface area contributed by atoms with Gasteiger partial charge in [0.1, 0.15) is 5.56 Å². The summed E-state index contributed by atoms with van der Waals surface area (Å²) in [7, 11) is 0. The minimum Gasteiger partial charge on any atom is -0.478 e. The lowest BCUT2D eigenvalue weighted by atomic mass is 10.0. The molecule has 1 aliphatic rings. The number of rotatable bonds is 2. The molecule has 5 heteroatoms. The quantitative estimate of drug-likeness (QED) is 0.820. The van der Waals surface area contributed by atoms with Gasteiger partial charge in [-0.15, -0.1) is 5.10 Å². The standard InChI is InChI=1S/C11H15N3O2/c1-8-4-2-3-7-14(8)10-9(11(15)16)5-6-12-13-10/h5-6,8H,2-4,7H2,1H3,(H,15,16). The van der Waals surface area contributed by atoms with Gasteiger partial charge in [0.2, 0.25) is 0 Å². The fourth-order valence-electron chi connectivity index (χ4n) is 2.12. The van der Waals surface area contributed by atoms with Crippen molar-refractivity contribution in [2.45, 2.75) is 32.2 Å². The van der Waals surface area contributed by atoms with Crippen LogP contribution in [0.5, 0.6) is 0 Å². The van der Waals surface area contributed by atoms with Crippen LogP contribution in [0.25, 0.3) is 0 Å². The fraction of sp³-hybridized carbons (Fsp3) is 0.545. The number of anilines is 1. The van der Waals surface area contributed by atoms with Crippen LogP contribution in [-0.4, -0.2) is 33.9 Å². The topological polar surface area (TPSA) is 66.3 Å². The summed E-state index contributed by atoms with van der Waals surface area (Å²) in [6, 6.07) is 1.84. The van der Waals surface area contributed by atoms with Gasteiger partial charge in [-0.05, 0) is 32.3 Å². The highest BCUT2D eigenvalue weighted by Crippen LogP contribution is 2.25. The van der Waals surface area contributed by atoms with E-state index in [-0.39, 0.29) is 5.56 Å². The van der Waals surface area contributed by atoms with Gasteiger partial charge in [-0.3, -0.25) is 0 Å². The van der Waals surface area contributed by atoms with Crippen molar-refractivity contribution in [2.75, 3.05) is 11.4 Å². The third-order valence-corrected chi connectivity index (χ3v) is 3.01. The zero-order valence-electron chi connectivity index (χ0n) is 9.26. The molecule has 1 N–H and O–H groups in total. The Bertz CT molecular complexity index is 395. The average molecular weight is 221 g/mol. The van der Waals surface area contributed by atoms with Crippen molar-refractivity contribution in [3.63, 3.8) is 0 Å². The number of hydrogen-bond acceptors (Lipinski definition) is 4. The molecule has 5 nitrogen and oxygen atoms in total. The zero-order valence-corrected chi connectivity index (χ0v) is 9.26. The van der Waals surface area contributed by atoms with Crippen molar-refractivity contribution in [2.24, 2.45) is 0 Å². The highest BCUT2D eigenvalue weighted by atomic mass is 16.4. The Kier molecular flexibility index (Phi) is 3.03. The average Bonchev–Trinajstić information content (AvgIpc) is 2.29. The minimum atomic E-state index is -0.942. The predicted octanol–water partition coefficient (Wildman–Crippen LogP) is 1.55. The smallest absolute Gasteiger partial charge is 0.339 e. The molecule has 0 spiro atoms. The highest BCUT2D eigenvalue weighted by Gasteiger charge is 2.24. The molecular formula is C11H15N3O2. The molecule has 0 amide bonds. The second kappa shape index (κ2) is 4.47. The van der Waals surface area contributed by atoms with Crippen molar-refractivity contribution in [3.8, 4) is 0 Å². The van der Waals surface area contributed by atoms with Crippen LogP contribution in [0, 0.1) is 0 Å². The number of carboxylic acids is 1. The van der Waals surface area contributed by atoms with E-state index in [1.54, 1.807) is 0 Å². The summed E-state index contributed by atoms with van der Waals surface area (Å²) in [5, 5.41) is 16.8. The third kappa shape index (κ3) is 1.98. The van der Waals surface area contributed by atoms with Crippen molar-refractivity contribution in [1.82, 2.24) is 10.2 Å². The SMILES string of the molecule is CC1CCCCN1c1nnccc1C(=O)O. The predicted molar refractivity (Wildman–Crippen MR) is 59.7 cm³/mol. The van der Waals surface area contributed by atoms with Crippen molar-refractivity contribution >= 4 is 11.8 Å². The molecule has 1 aromatic rings. The van der Waals surface area contributed by atoms with Gasteiger partial charge in [0.15, 0.2) is 5.82 Å². The van der Waals surface area contributed by atoms with Crippen molar-refractivity contribution < 1.29 is 9.90 Å². The summed E-state index contributed by atoms with van der Waals surface area (Å²) in [5.74, 6) is -0.440. The van der Waals surface area contributed by atoms with Crippen LogP contribution in [0.3, 0.4) is 0 Å². The molecule has 1 saturated heterocycles. The Hall–Kier alpha value is -1.65. The number of carboxylic acid groups (broad SMARTS) is 1. The van der Waals surface area contributed by atoms with Gasteiger partial charge in [-0.1, -0.05) is 0 Å². The van der Waals surface area contributed by atoms with E-state index in [1.807, 2.05) is 4.90 Å². The minimum absolute atomic E-state index is 0.240. The molecule has 0 saturated carbocycles. The normalized spacial score (nSPS) is 20.8. The molecule has 16 heavy (non-hydrogen) atoms. The Morgan fingerprint density at radius 2 is 2.38 bits per heavy atom. The largest absolute Gasteiger partial charge is 0.478 e. The Labute approximate surface area is 94.1 Å². The van der Waals surface area contributed by atoms with Crippen LogP contribution in [0.1, 0.15) is 36.5 Å². The summed E-state index contributed by atoms with van der Waals surface area (Å²) in [4.78, 5) is 13.1. The lowest BCUT2D eigenvalue weighted by Gasteiger charge is -2.34. The first-order valence-electron chi connectivity index (χ1n) is 5.52. The molecule has 1 fully saturated rings. The van der Waals surface area contributed by atoms with Crippen LogP contribution in [0.2, 0.25) is 0 Å². The molecule has 86 valence electrons. The highest BCUT2D eigenvalue weighted by molar-refractivity contribution is 5.93. The Morgan fingerprint density at radius 1 is 1.56 bits per heavy atom. The van der Waals surface area contributed by atoms with E-state index < -0.39 is 5.97 Å². The monoisotopic (exact) mass is 221 g/mol. The number of aromatic carboxylic acids is 1. The van der Waals surface area contributed by atoms with E-state index >= 15 is 0 Å². The number of piperidine rings is 1. The molecule has 1 unspecified atom stereocenters. The van der Waals surface area contributed by atoms with Crippen molar-refractivity contribution in [3.05, 3.63) is 17.8 Å². The van der Waals surface area contributed by atoms with Gasteiger partial charge in [-0.2, -0.15) is 5.10 Å². The fourth-order valence-corrected chi connectivity index (χ4v) is 2.12. The maximum atomic E-state index is 11.1. The molecule has 0 aliphatic carbocycles. The van der Waals surface area contributed by atoms with Gasteiger partial charge >= 0.3 is 5.97 Å². The van der Waals surface area contributed by atoms with E-state index in [1.165, 1.54) is 18.7 Å². The molecule has 1 aromatic heterocycles. The molecule has 0 bridgehead atoms. The second-order valence-electron chi connectivity index (χ2n) is 4.11. The number of hydrogen-bond donors (Lipinski definition) is 1. The van der Waals surface area contributed by atoms with Gasteiger partial charge in [0.25, 0.3) is 0 Å². The van der Waals surface area contributed by atoms with Crippen LogP contribution in [-0.2, 0) is 0 Å². The molecular weight excluding hydrogens is 206 g/mol. The van der Waals surface area contributed by atoms with Crippen LogP contribution in [0.4, 0.5) is 5.82 Å². The van der Waals surface area contributed by atoms with Crippen LogP contribution in [0.15, 0.2) is 12.3 Å². The first kappa shape index (κ1) is 10.9. The van der Waals surface area contributed by atoms with E-state index in [0.717, 1.165) is 19.4 Å². The van der Waals surface area contributed by atoms with Crippen molar-refractivity contribution in [1.29, 1.82) is 0 Å². The third-order valence-electron chi connectivity index (χ3n) is 3.01. The van der Waals surface area contributed by atoms with E-state index in [4.69, 9.17) is 5.11 Å². The van der Waals surface area contributed by atoms with Crippen LogP contribution >= 0.6 is 0 Å². The van der Waals surface area contributed by atoms with E-state index in [2.05, 4.69) is 17.1 Å². The second-order valence-corrected chi connectivity index (χ2v) is 4.11. The maximum Gasteiger partial charge on any atom is 0.339 e. The number of aromatic nitrogens is 2. The van der Waals surface area contributed by atoms with E-state index in [9.17, 15) is 4.79 Å². The lowest BCUT2D eigenvalue weighted by molar-refractivity contribution is 0.0696. The zero-order chi connectivity index (χ0) is 11.5. The molecule has 2 heterocycles. The summed E-state index contributed by atoms with van der Waals surface area (Å²) in [6.45, 7) is 2.96. The lowest BCUT2D eigenvalue weighted by Crippen LogP contribution is -2.39. The summed E-state index contributed by atoms with van der Waals surface area (Å²) >= 11 is 0. The summed E-state index contributed by atoms with van der Waals surface area (Å²) < 4.78 is 0. The molecule has 1 aliphatic heterocycles. The number of nitrogens with zero attached hydrogens (tertiary/aromatic N) is 3. The summed E-state index contributed by atoms with van der Waals surface area (Å²) in [5.41, 5.74) is 0.240. The molecule has 0 aromatic carbocycles. The molecule has 1 atom stereocenters. The Balaban J connectivity index is 2.34. The first-order chi connectivity index (χ1) is 7.70. The molecule has 2 rings (SSSR count). The molecule has 0 radical (unpaired) electrons.